The summed E-state index contributed by atoms with van der Waals surface area (Å²) in [5.41, 5.74) is 1.26. The number of aliphatic imine (C=N–C) groups is 1. The maximum Gasteiger partial charge on any atom is 0.191 e. The molecule has 1 fully saturated rings. The van der Waals surface area contributed by atoms with E-state index in [9.17, 15) is 0 Å². The van der Waals surface area contributed by atoms with Crippen molar-refractivity contribution in [2.45, 2.75) is 32.9 Å². The molecule has 1 saturated heterocycles. The van der Waals surface area contributed by atoms with Crippen molar-refractivity contribution in [2.24, 2.45) is 4.99 Å². The van der Waals surface area contributed by atoms with Gasteiger partial charge in [0.25, 0.3) is 0 Å². The van der Waals surface area contributed by atoms with Crippen LogP contribution in [-0.4, -0.2) is 55.8 Å². The van der Waals surface area contributed by atoms with Crippen molar-refractivity contribution in [1.29, 1.82) is 0 Å². The molecule has 7 heteroatoms. The van der Waals surface area contributed by atoms with E-state index in [1.54, 1.807) is 0 Å². The molecule has 1 aliphatic rings. The lowest BCUT2D eigenvalue weighted by Crippen LogP contribution is -2.56. The van der Waals surface area contributed by atoms with Crippen molar-refractivity contribution in [3.05, 3.63) is 34.3 Å². The summed E-state index contributed by atoms with van der Waals surface area (Å²) < 4.78 is 6.54. The number of benzene rings is 1. The molecule has 0 saturated carbocycles. The number of hydrogen-bond donors (Lipinski definition) is 2. The van der Waals surface area contributed by atoms with Gasteiger partial charge in [-0.05, 0) is 38.5 Å². The van der Waals surface area contributed by atoms with E-state index in [1.165, 1.54) is 5.56 Å². The Morgan fingerprint density at radius 2 is 1.84 bits per heavy atom. The van der Waals surface area contributed by atoms with Crippen molar-refractivity contribution in [3.63, 3.8) is 0 Å². The smallest absolute Gasteiger partial charge is 0.191 e. The Balaban J connectivity index is 0.00000312. The topological polar surface area (TPSA) is 48.9 Å². The molecule has 0 amide bonds. The Morgan fingerprint density at radius 1 is 1.20 bits per heavy atom. The Kier molecular flexibility index (Phi) is 10.3. The molecule has 1 aromatic carbocycles. The highest BCUT2D eigenvalue weighted by molar-refractivity contribution is 14.0. The van der Waals surface area contributed by atoms with Crippen LogP contribution in [0.1, 0.15) is 26.3 Å². The predicted octanol–water partition coefficient (Wildman–Crippen LogP) is 3.23. The first-order valence-electron chi connectivity index (χ1n) is 8.60. The molecule has 1 aromatic rings. The zero-order valence-corrected chi connectivity index (χ0v) is 19.3. The summed E-state index contributed by atoms with van der Waals surface area (Å²) in [4.78, 5) is 7.17. The molecule has 0 aliphatic carbocycles. The third-order valence-electron chi connectivity index (χ3n) is 4.23. The van der Waals surface area contributed by atoms with Crippen LogP contribution in [0.25, 0.3) is 0 Å². The molecule has 2 N–H and O–H groups in total. The second-order valence-electron chi connectivity index (χ2n) is 6.59. The van der Waals surface area contributed by atoms with Gasteiger partial charge in [-0.15, -0.1) is 24.0 Å². The highest BCUT2D eigenvalue weighted by atomic mass is 127. The Bertz CT molecular complexity index is 530. The van der Waals surface area contributed by atoms with Gasteiger partial charge < -0.3 is 15.4 Å². The fraction of sp³-hybridized carbons (Fsp3) is 0.611. The summed E-state index contributed by atoms with van der Waals surface area (Å²) in [6.45, 7) is 12.6. The minimum absolute atomic E-state index is 0. The van der Waals surface area contributed by atoms with E-state index in [1.807, 2.05) is 12.1 Å². The maximum atomic E-state index is 5.45. The molecule has 142 valence electrons. The summed E-state index contributed by atoms with van der Waals surface area (Å²) in [5, 5.41) is 6.81. The van der Waals surface area contributed by atoms with Crippen LogP contribution in [-0.2, 0) is 11.3 Å². The Morgan fingerprint density at radius 3 is 2.44 bits per heavy atom. The van der Waals surface area contributed by atoms with Crippen molar-refractivity contribution in [3.8, 4) is 0 Å². The van der Waals surface area contributed by atoms with Gasteiger partial charge in [-0.1, -0.05) is 28.1 Å². The van der Waals surface area contributed by atoms with E-state index in [2.05, 4.69) is 64.4 Å². The van der Waals surface area contributed by atoms with Crippen LogP contribution in [0.2, 0.25) is 0 Å². The van der Waals surface area contributed by atoms with Gasteiger partial charge in [0, 0.05) is 36.2 Å². The lowest BCUT2D eigenvalue weighted by atomic mass is 10.0. The number of halogens is 2. The van der Waals surface area contributed by atoms with E-state index < -0.39 is 0 Å². The number of nitrogens with zero attached hydrogens (tertiary/aromatic N) is 2. The fourth-order valence-electron chi connectivity index (χ4n) is 2.68. The number of ether oxygens (including phenoxy) is 1. The quantitative estimate of drug-likeness (QED) is 0.341. The number of morpholine rings is 1. The number of hydrogen-bond acceptors (Lipinski definition) is 3. The van der Waals surface area contributed by atoms with Gasteiger partial charge in [0.15, 0.2) is 5.96 Å². The second-order valence-corrected chi connectivity index (χ2v) is 7.50. The van der Waals surface area contributed by atoms with Crippen LogP contribution in [0, 0.1) is 0 Å². The lowest BCUT2D eigenvalue weighted by Gasteiger charge is -2.41. The van der Waals surface area contributed by atoms with Crippen molar-refractivity contribution in [2.75, 3.05) is 39.4 Å². The van der Waals surface area contributed by atoms with E-state index in [4.69, 9.17) is 9.73 Å². The third-order valence-corrected chi connectivity index (χ3v) is 4.76. The SMILES string of the molecule is CCNC(=NCc1ccc(Br)cc1)NCC(C)(C)N1CCOCC1.I. The normalized spacial score (nSPS) is 16.2. The molecule has 0 radical (unpaired) electrons. The lowest BCUT2D eigenvalue weighted by molar-refractivity contribution is -0.00834. The molecule has 5 nitrogen and oxygen atoms in total. The number of rotatable bonds is 6. The molecular formula is C18H30BrIN4O. The highest BCUT2D eigenvalue weighted by Crippen LogP contribution is 2.15. The van der Waals surface area contributed by atoms with Gasteiger partial charge in [0.05, 0.1) is 19.8 Å². The zero-order valence-electron chi connectivity index (χ0n) is 15.3. The summed E-state index contributed by atoms with van der Waals surface area (Å²) >= 11 is 3.46. The largest absolute Gasteiger partial charge is 0.379 e. The number of guanidine groups is 1. The first-order valence-corrected chi connectivity index (χ1v) is 9.40. The average molecular weight is 525 g/mol. The average Bonchev–Trinajstić information content (AvgIpc) is 2.59. The van der Waals surface area contributed by atoms with Crippen LogP contribution in [0.4, 0.5) is 0 Å². The van der Waals surface area contributed by atoms with Crippen LogP contribution >= 0.6 is 39.9 Å². The zero-order chi connectivity index (χ0) is 17.4. The second kappa shape index (κ2) is 11.4. The monoisotopic (exact) mass is 524 g/mol. The van der Waals surface area contributed by atoms with Crippen molar-refractivity contribution in [1.82, 2.24) is 15.5 Å². The molecule has 1 heterocycles. The van der Waals surface area contributed by atoms with E-state index in [0.29, 0.717) is 6.54 Å². The Labute approximate surface area is 177 Å². The van der Waals surface area contributed by atoms with Crippen molar-refractivity contribution < 1.29 is 4.74 Å². The maximum absolute atomic E-state index is 5.45. The molecule has 0 bridgehead atoms. The van der Waals surface area contributed by atoms with Gasteiger partial charge in [-0.3, -0.25) is 4.90 Å². The van der Waals surface area contributed by atoms with Crippen LogP contribution < -0.4 is 10.6 Å². The summed E-state index contributed by atoms with van der Waals surface area (Å²) in [6.07, 6.45) is 0. The van der Waals surface area contributed by atoms with Crippen molar-refractivity contribution >= 4 is 45.9 Å². The summed E-state index contributed by atoms with van der Waals surface area (Å²) in [7, 11) is 0. The van der Waals surface area contributed by atoms with Crippen LogP contribution in [0.15, 0.2) is 33.7 Å². The Hall–Kier alpha value is -0.380. The fourth-order valence-corrected chi connectivity index (χ4v) is 2.95. The van der Waals surface area contributed by atoms with E-state index in [-0.39, 0.29) is 29.5 Å². The molecule has 1 aliphatic heterocycles. The van der Waals surface area contributed by atoms with E-state index in [0.717, 1.165) is 49.8 Å². The standard InChI is InChI=1S/C18H29BrN4O.HI/c1-4-20-17(21-13-15-5-7-16(19)8-6-15)22-14-18(2,3)23-9-11-24-12-10-23;/h5-8H,4,9-14H2,1-3H3,(H2,20,21,22);1H. The van der Waals surface area contributed by atoms with E-state index >= 15 is 0 Å². The van der Waals surface area contributed by atoms with Gasteiger partial charge in [-0.25, -0.2) is 4.99 Å². The molecular weight excluding hydrogens is 495 g/mol. The highest BCUT2D eigenvalue weighted by Gasteiger charge is 2.28. The predicted molar refractivity (Wildman–Crippen MR) is 119 cm³/mol. The van der Waals surface area contributed by atoms with Gasteiger partial charge >= 0.3 is 0 Å². The van der Waals surface area contributed by atoms with Gasteiger partial charge in [-0.2, -0.15) is 0 Å². The number of nitrogens with one attached hydrogen (secondary N) is 2. The molecule has 2 rings (SSSR count). The molecule has 0 aromatic heterocycles. The first kappa shape index (κ1) is 22.7. The summed E-state index contributed by atoms with van der Waals surface area (Å²) in [6, 6.07) is 8.28. The molecule has 0 atom stereocenters. The van der Waals surface area contributed by atoms with Gasteiger partial charge in [0.1, 0.15) is 0 Å². The van der Waals surface area contributed by atoms with Gasteiger partial charge in [0.2, 0.25) is 0 Å². The minimum atomic E-state index is 0. The minimum Gasteiger partial charge on any atom is -0.379 e. The third kappa shape index (κ3) is 7.80. The molecule has 0 unspecified atom stereocenters. The molecule has 0 spiro atoms. The van der Waals surface area contributed by atoms with Crippen LogP contribution in [0.3, 0.4) is 0 Å². The molecule has 25 heavy (non-hydrogen) atoms. The first-order chi connectivity index (χ1) is 11.5. The summed E-state index contributed by atoms with van der Waals surface area (Å²) in [5.74, 6) is 0.863. The van der Waals surface area contributed by atoms with Crippen LogP contribution in [0.5, 0.6) is 0 Å².